The van der Waals surface area contributed by atoms with Gasteiger partial charge >= 0.3 is 0 Å². The molecule has 0 atom stereocenters. The highest BCUT2D eigenvalue weighted by atomic mass is 16.5. The fourth-order valence-corrected chi connectivity index (χ4v) is 1.48. The van der Waals surface area contributed by atoms with E-state index in [1.807, 2.05) is 43.3 Å². The molecule has 0 spiro atoms. The minimum Gasteiger partial charge on any atom is -0.290 e. The summed E-state index contributed by atoms with van der Waals surface area (Å²) in [5, 5.41) is 8.77. The normalized spacial score (nSPS) is 10.0. The summed E-state index contributed by atoms with van der Waals surface area (Å²) in [6, 6.07) is 12.0. The third-order valence-electron chi connectivity index (χ3n) is 2.29. The lowest BCUT2D eigenvalue weighted by Crippen LogP contribution is -1.96. The SMILES string of the molecule is Cc1cc(-c2ccccc2)cnc1NO. The molecule has 76 valence electrons. The van der Waals surface area contributed by atoms with Crippen molar-refractivity contribution < 1.29 is 5.21 Å². The van der Waals surface area contributed by atoms with Crippen molar-refractivity contribution in [2.75, 3.05) is 5.48 Å². The Bertz CT molecular complexity index is 454. The van der Waals surface area contributed by atoms with E-state index in [4.69, 9.17) is 5.21 Å². The lowest BCUT2D eigenvalue weighted by molar-refractivity contribution is 0.385. The first-order valence-electron chi connectivity index (χ1n) is 4.73. The van der Waals surface area contributed by atoms with Crippen molar-refractivity contribution >= 4 is 5.82 Å². The first-order chi connectivity index (χ1) is 7.31. The van der Waals surface area contributed by atoms with E-state index in [2.05, 4.69) is 10.5 Å². The first kappa shape index (κ1) is 9.68. The van der Waals surface area contributed by atoms with Gasteiger partial charge in [-0.05, 0) is 24.1 Å². The van der Waals surface area contributed by atoms with E-state index < -0.39 is 0 Å². The molecule has 0 saturated carbocycles. The van der Waals surface area contributed by atoms with Crippen molar-refractivity contribution in [2.45, 2.75) is 6.92 Å². The van der Waals surface area contributed by atoms with Crippen molar-refractivity contribution in [1.82, 2.24) is 4.98 Å². The molecule has 3 nitrogen and oxygen atoms in total. The van der Waals surface area contributed by atoms with Crippen LogP contribution in [-0.2, 0) is 0 Å². The molecule has 0 radical (unpaired) electrons. The zero-order valence-electron chi connectivity index (χ0n) is 8.44. The average molecular weight is 200 g/mol. The number of hydrogen-bond acceptors (Lipinski definition) is 3. The highest BCUT2D eigenvalue weighted by molar-refractivity contribution is 5.65. The van der Waals surface area contributed by atoms with Crippen molar-refractivity contribution in [3.63, 3.8) is 0 Å². The van der Waals surface area contributed by atoms with Crippen LogP contribution >= 0.6 is 0 Å². The number of anilines is 1. The molecule has 0 aliphatic heterocycles. The molecule has 1 aromatic carbocycles. The van der Waals surface area contributed by atoms with E-state index in [1.165, 1.54) is 0 Å². The molecule has 1 aromatic heterocycles. The van der Waals surface area contributed by atoms with Crippen molar-refractivity contribution in [3.05, 3.63) is 48.2 Å². The molecular weight excluding hydrogens is 188 g/mol. The Labute approximate surface area is 88.4 Å². The number of aromatic nitrogens is 1. The van der Waals surface area contributed by atoms with Gasteiger partial charge < -0.3 is 0 Å². The van der Waals surface area contributed by atoms with Crippen LogP contribution in [0.2, 0.25) is 0 Å². The van der Waals surface area contributed by atoms with E-state index in [0.29, 0.717) is 5.82 Å². The number of nitrogens with one attached hydrogen (secondary N) is 1. The molecule has 0 fully saturated rings. The van der Waals surface area contributed by atoms with Gasteiger partial charge in [-0.2, -0.15) is 0 Å². The van der Waals surface area contributed by atoms with Gasteiger partial charge in [-0.25, -0.2) is 4.98 Å². The van der Waals surface area contributed by atoms with Crippen LogP contribution in [0.1, 0.15) is 5.56 Å². The van der Waals surface area contributed by atoms with Crippen molar-refractivity contribution in [2.24, 2.45) is 0 Å². The third kappa shape index (κ3) is 1.97. The van der Waals surface area contributed by atoms with Gasteiger partial charge in [0.25, 0.3) is 0 Å². The Kier molecular flexibility index (Phi) is 2.65. The van der Waals surface area contributed by atoms with Crippen LogP contribution in [0.3, 0.4) is 0 Å². The molecule has 0 saturated heterocycles. The molecule has 0 aliphatic rings. The van der Waals surface area contributed by atoms with Gasteiger partial charge in [-0.3, -0.25) is 10.7 Å². The summed E-state index contributed by atoms with van der Waals surface area (Å²) in [5.41, 5.74) is 5.15. The topological polar surface area (TPSA) is 45.2 Å². The standard InChI is InChI=1S/C12H12N2O/c1-9-7-11(8-13-12(9)14-15)10-5-3-2-4-6-10/h2-8,15H,1H3,(H,13,14). The second-order valence-electron chi connectivity index (χ2n) is 3.37. The largest absolute Gasteiger partial charge is 0.290 e. The number of nitrogens with zero attached hydrogens (tertiary/aromatic N) is 1. The zero-order chi connectivity index (χ0) is 10.7. The van der Waals surface area contributed by atoms with Crippen LogP contribution in [-0.4, -0.2) is 10.2 Å². The van der Waals surface area contributed by atoms with Gasteiger partial charge in [0.15, 0.2) is 5.82 Å². The summed E-state index contributed by atoms with van der Waals surface area (Å²) in [4.78, 5) is 4.11. The molecule has 3 heteroatoms. The monoisotopic (exact) mass is 200 g/mol. The summed E-state index contributed by atoms with van der Waals surface area (Å²) < 4.78 is 0. The summed E-state index contributed by atoms with van der Waals surface area (Å²) >= 11 is 0. The number of rotatable bonds is 2. The fraction of sp³-hybridized carbons (Fsp3) is 0.0833. The van der Waals surface area contributed by atoms with Crippen molar-refractivity contribution in [1.29, 1.82) is 0 Å². The molecule has 0 amide bonds. The van der Waals surface area contributed by atoms with Crippen molar-refractivity contribution in [3.8, 4) is 11.1 Å². The average Bonchev–Trinajstić information content (AvgIpc) is 2.30. The maximum atomic E-state index is 8.77. The number of aryl methyl sites for hydroxylation is 1. The lowest BCUT2D eigenvalue weighted by atomic mass is 10.1. The summed E-state index contributed by atoms with van der Waals surface area (Å²) in [6.07, 6.45) is 1.74. The highest BCUT2D eigenvalue weighted by Gasteiger charge is 2.01. The van der Waals surface area contributed by atoms with Gasteiger partial charge in [0, 0.05) is 11.8 Å². The Hall–Kier alpha value is -1.87. The van der Waals surface area contributed by atoms with Crippen LogP contribution in [0.25, 0.3) is 11.1 Å². The predicted molar refractivity (Wildman–Crippen MR) is 59.8 cm³/mol. The molecule has 2 rings (SSSR count). The minimum atomic E-state index is 0.495. The van der Waals surface area contributed by atoms with E-state index in [-0.39, 0.29) is 0 Å². The molecule has 0 bridgehead atoms. The van der Waals surface area contributed by atoms with E-state index >= 15 is 0 Å². The zero-order valence-corrected chi connectivity index (χ0v) is 8.44. The van der Waals surface area contributed by atoms with Crippen LogP contribution in [0.5, 0.6) is 0 Å². The number of hydrogen-bond donors (Lipinski definition) is 2. The molecule has 0 aliphatic carbocycles. The first-order valence-corrected chi connectivity index (χ1v) is 4.73. The Balaban J connectivity index is 2.43. The Morgan fingerprint density at radius 3 is 2.47 bits per heavy atom. The number of pyridine rings is 1. The van der Waals surface area contributed by atoms with Gasteiger partial charge in [0.1, 0.15) is 0 Å². The Morgan fingerprint density at radius 2 is 1.87 bits per heavy atom. The van der Waals surface area contributed by atoms with E-state index in [9.17, 15) is 0 Å². The van der Waals surface area contributed by atoms with E-state index in [1.54, 1.807) is 6.20 Å². The predicted octanol–water partition coefficient (Wildman–Crippen LogP) is 2.86. The minimum absolute atomic E-state index is 0.495. The molecule has 2 aromatic rings. The highest BCUT2D eigenvalue weighted by Crippen LogP contribution is 2.21. The van der Waals surface area contributed by atoms with Gasteiger partial charge in [-0.15, -0.1) is 0 Å². The second kappa shape index (κ2) is 4.11. The summed E-state index contributed by atoms with van der Waals surface area (Å²) in [5.74, 6) is 0.495. The fourth-order valence-electron chi connectivity index (χ4n) is 1.48. The summed E-state index contributed by atoms with van der Waals surface area (Å²) in [6.45, 7) is 1.90. The van der Waals surface area contributed by atoms with E-state index in [0.717, 1.165) is 16.7 Å². The third-order valence-corrected chi connectivity index (χ3v) is 2.29. The van der Waals surface area contributed by atoms with Crippen LogP contribution < -0.4 is 5.48 Å². The lowest BCUT2D eigenvalue weighted by Gasteiger charge is -2.05. The molecular formula is C12H12N2O. The van der Waals surface area contributed by atoms with Crippen LogP contribution in [0, 0.1) is 6.92 Å². The molecule has 2 N–H and O–H groups in total. The quantitative estimate of drug-likeness (QED) is 0.733. The van der Waals surface area contributed by atoms with Crippen LogP contribution in [0.15, 0.2) is 42.6 Å². The smallest absolute Gasteiger partial charge is 0.152 e. The van der Waals surface area contributed by atoms with Gasteiger partial charge in [-0.1, -0.05) is 30.3 Å². The molecule has 1 heterocycles. The second-order valence-corrected chi connectivity index (χ2v) is 3.37. The van der Waals surface area contributed by atoms with Gasteiger partial charge in [0.05, 0.1) is 0 Å². The van der Waals surface area contributed by atoms with Crippen LogP contribution in [0.4, 0.5) is 5.82 Å². The maximum Gasteiger partial charge on any atom is 0.152 e. The molecule has 0 unspecified atom stereocenters. The summed E-state index contributed by atoms with van der Waals surface area (Å²) in [7, 11) is 0. The molecule has 15 heavy (non-hydrogen) atoms. The van der Waals surface area contributed by atoms with Gasteiger partial charge in [0.2, 0.25) is 0 Å². The maximum absolute atomic E-state index is 8.77. The Morgan fingerprint density at radius 1 is 1.13 bits per heavy atom. The number of benzene rings is 1.